The first kappa shape index (κ1) is 13.1. The largest absolute Gasteiger partial charge is 0.354 e. The summed E-state index contributed by atoms with van der Waals surface area (Å²) in [5, 5.41) is 2.88. The predicted molar refractivity (Wildman–Crippen MR) is 65.5 cm³/mol. The van der Waals surface area contributed by atoms with Crippen molar-refractivity contribution in [1.82, 2.24) is 5.32 Å². The van der Waals surface area contributed by atoms with Gasteiger partial charge >= 0.3 is 0 Å². The number of amides is 1. The van der Waals surface area contributed by atoms with E-state index in [9.17, 15) is 4.79 Å². The number of hydrogen-bond donors (Lipinski definition) is 2. The molecule has 1 rings (SSSR count). The van der Waals surface area contributed by atoms with Crippen LogP contribution in [0.1, 0.15) is 34.1 Å². The number of terminal acetylenes is 1. The Kier molecular flexibility index (Phi) is 3.35. The summed E-state index contributed by atoms with van der Waals surface area (Å²) in [7, 11) is 0. The summed E-state index contributed by atoms with van der Waals surface area (Å²) >= 11 is 0. The zero-order valence-electron chi connectivity index (χ0n) is 10.6. The molecule has 0 bridgehead atoms. The summed E-state index contributed by atoms with van der Waals surface area (Å²) in [6.45, 7) is 9.60. The van der Waals surface area contributed by atoms with Crippen LogP contribution in [0.15, 0.2) is 0 Å². The molecule has 90 valence electrons. The van der Waals surface area contributed by atoms with E-state index >= 15 is 0 Å². The average Bonchev–Trinajstić information content (AvgIpc) is 2.55. The molecule has 1 atom stereocenters. The van der Waals surface area contributed by atoms with Crippen LogP contribution in [-0.2, 0) is 4.79 Å². The molecule has 3 nitrogen and oxygen atoms in total. The van der Waals surface area contributed by atoms with Crippen molar-refractivity contribution in [2.75, 3.05) is 6.54 Å². The number of rotatable bonds is 4. The molecule has 1 saturated carbocycles. The third-order valence-corrected chi connectivity index (χ3v) is 4.47. The van der Waals surface area contributed by atoms with Gasteiger partial charge in [-0.05, 0) is 16.7 Å². The summed E-state index contributed by atoms with van der Waals surface area (Å²) in [5.41, 5.74) is 6.19. The molecule has 0 aromatic carbocycles. The van der Waals surface area contributed by atoms with E-state index in [1.165, 1.54) is 0 Å². The Bertz CT molecular complexity index is 311. The number of carbonyl (C=O) groups is 1. The lowest BCUT2D eigenvalue weighted by Gasteiger charge is -2.10. The van der Waals surface area contributed by atoms with Gasteiger partial charge in [-0.2, -0.15) is 0 Å². The van der Waals surface area contributed by atoms with Gasteiger partial charge in [-0.15, -0.1) is 12.3 Å². The minimum Gasteiger partial charge on any atom is -0.354 e. The Morgan fingerprint density at radius 1 is 1.44 bits per heavy atom. The molecule has 0 saturated heterocycles. The Hall–Kier alpha value is -1.01. The van der Waals surface area contributed by atoms with Gasteiger partial charge in [0.2, 0.25) is 5.91 Å². The first-order valence-corrected chi connectivity index (χ1v) is 5.72. The van der Waals surface area contributed by atoms with Gasteiger partial charge in [0.05, 0.1) is 6.04 Å². The van der Waals surface area contributed by atoms with E-state index in [4.69, 9.17) is 12.2 Å². The monoisotopic (exact) mass is 222 g/mol. The molecular weight excluding hydrogens is 200 g/mol. The zero-order valence-corrected chi connectivity index (χ0v) is 10.6. The van der Waals surface area contributed by atoms with E-state index in [1.54, 1.807) is 0 Å². The second kappa shape index (κ2) is 4.10. The fraction of sp³-hybridized carbons (Fsp3) is 0.769. The molecule has 0 aromatic heterocycles. The van der Waals surface area contributed by atoms with Crippen molar-refractivity contribution in [1.29, 1.82) is 0 Å². The van der Waals surface area contributed by atoms with Crippen LogP contribution in [0.2, 0.25) is 0 Å². The highest BCUT2D eigenvalue weighted by atomic mass is 16.2. The van der Waals surface area contributed by atoms with Crippen molar-refractivity contribution >= 4 is 5.91 Å². The molecule has 1 unspecified atom stereocenters. The van der Waals surface area contributed by atoms with Crippen molar-refractivity contribution in [2.45, 2.75) is 40.2 Å². The van der Waals surface area contributed by atoms with E-state index in [-0.39, 0.29) is 16.7 Å². The quantitative estimate of drug-likeness (QED) is 0.701. The third-order valence-electron chi connectivity index (χ3n) is 4.47. The van der Waals surface area contributed by atoms with Crippen LogP contribution in [0.4, 0.5) is 0 Å². The Morgan fingerprint density at radius 2 is 1.94 bits per heavy atom. The number of nitrogens with one attached hydrogen (secondary N) is 1. The molecule has 3 heteroatoms. The van der Waals surface area contributed by atoms with Crippen molar-refractivity contribution in [3.05, 3.63) is 0 Å². The van der Waals surface area contributed by atoms with Crippen LogP contribution in [0.5, 0.6) is 0 Å². The van der Waals surface area contributed by atoms with Crippen LogP contribution >= 0.6 is 0 Å². The van der Waals surface area contributed by atoms with Gasteiger partial charge in [-0.25, -0.2) is 0 Å². The smallest absolute Gasteiger partial charge is 0.237 e. The fourth-order valence-electron chi connectivity index (χ4n) is 2.40. The lowest BCUT2D eigenvalue weighted by atomic mass is 10.0. The van der Waals surface area contributed by atoms with Crippen molar-refractivity contribution in [2.24, 2.45) is 22.5 Å². The standard InChI is InChI=1S/C13H22N2O/c1-6-7-9(14)11(16)15-8-10-12(2,3)13(10,4)5/h1,9-10H,7-8,14H2,2-5H3,(H,15,16). The maximum Gasteiger partial charge on any atom is 0.237 e. The Morgan fingerprint density at radius 3 is 2.31 bits per heavy atom. The van der Waals surface area contributed by atoms with Gasteiger partial charge in [0.25, 0.3) is 0 Å². The van der Waals surface area contributed by atoms with Crippen molar-refractivity contribution in [3.8, 4) is 12.3 Å². The summed E-state index contributed by atoms with van der Waals surface area (Å²) in [4.78, 5) is 11.6. The molecule has 3 N–H and O–H groups in total. The van der Waals surface area contributed by atoms with Gasteiger partial charge in [0, 0.05) is 13.0 Å². The summed E-state index contributed by atoms with van der Waals surface area (Å²) in [5.74, 6) is 2.77. The molecule has 16 heavy (non-hydrogen) atoms. The molecule has 0 spiro atoms. The second-order valence-electron chi connectivity index (χ2n) is 5.76. The lowest BCUT2D eigenvalue weighted by Crippen LogP contribution is -2.41. The molecule has 0 aliphatic heterocycles. The molecule has 1 fully saturated rings. The van der Waals surface area contributed by atoms with E-state index in [0.29, 0.717) is 18.9 Å². The number of carbonyl (C=O) groups excluding carboxylic acids is 1. The maximum atomic E-state index is 11.6. The molecule has 1 aliphatic rings. The van der Waals surface area contributed by atoms with E-state index < -0.39 is 6.04 Å². The fourth-order valence-corrected chi connectivity index (χ4v) is 2.40. The topological polar surface area (TPSA) is 55.1 Å². The highest BCUT2D eigenvalue weighted by Crippen LogP contribution is 2.67. The first-order chi connectivity index (χ1) is 7.25. The highest BCUT2D eigenvalue weighted by molar-refractivity contribution is 5.81. The van der Waals surface area contributed by atoms with Crippen molar-refractivity contribution < 1.29 is 4.79 Å². The maximum absolute atomic E-state index is 11.6. The minimum atomic E-state index is -0.574. The normalized spacial score (nSPS) is 23.2. The average molecular weight is 222 g/mol. The predicted octanol–water partition coefficient (Wildman–Crippen LogP) is 1.14. The van der Waals surface area contributed by atoms with E-state index in [0.717, 1.165) is 0 Å². The van der Waals surface area contributed by atoms with Crippen molar-refractivity contribution in [3.63, 3.8) is 0 Å². The number of hydrogen-bond acceptors (Lipinski definition) is 2. The Labute approximate surface area is 98.2 Å². The molecule has 0 aromatic rings. The summed E-state index contributed by atoms with van der Waals surface area (Å²) < 4.78 is 0. The van der Waals surface area contributed by atoms with Crippen LogP contribution in [0.3, 0.4) is 0 Å². The molecule has 1 amide bonds. The van der Waals surface area contributed by atoms with Gasteiger partial charge in [-0.3, -0.25) is 4.79 Å². The number of nitrogens with two attached hydrogens (primary N) is 1. The molecular formula is C13H22N2O. The van der Waals surface area contributed by atoms with Gasteiger partial charge in [0.15, 0.2) is 0 Å². The van der Waals surface area contributed by atoms with E-state index in [1.807, 2.05) is 0 Å². The highest BCUT2D eigenvalue weighted by Gasteiger charge is 2.64. The van der Waals surface area contributed by atoms with Gasteiger partial charge in [0.1, 0.15) is 0 Å². The molecule has 0 radical (unpaired) electrons. The van der Waals surface area contributed by atoms with Gasteiger partial charge in [-0.1, -0.05) is 27.7 Å². The molecule has 1 aliphatic carbocycles. The summed E-state index contributed by atoms with van der Waals surface area (Å²) in [6, 6.07) is -0.574. The lowest BCUT2D eigenvalue weighted by molar-refractivity contribution is -0.122. The Balaban J connectivity index is 2.38. The van der Waals surface area contributed by atoms with Crippen LogP contribution in [0, 0.1) is 29.1 Å². The SMILES string of the molecule is C#CCC(N)C(=O)NCC1C(C)(C)C1(C)C. The van der Waals surface area contributed by atoms with Gasteiger partial charge < -0.3 is 11.1 Å². The van der Waals surface area contributed by atoms with Crippen LogP contribution in [-0.4, -0.2) is 18.5 Å². The zero-order chi connectivity index (χ0) is 12.6. The second-order valence-corrected chi connectivity index (χ2v) is 5.76. The van der Waals surface area contributed by atoms with Crippen LogP contribution in [0.25, 0.3) is 0 Å². The summed E-state index contributed by atoms with van der Waals surface area (Å²) in [6.07, 6.45) is 5.41. The first-order valence-electron chi connectivity index (χ1n) is 5.72. The third kappa shape index (κ3) is 2.08. The minimum absolute atomic E-state index is 0.142. The molecule has 0 heterocycles. The van der Waals surface area contributed by atoms with Crippen LogP contribution < -0.4 is 11.1 Å². The van der Waals surface area contributed by atoms with E-state index in [2.05, 4.69) is 38.9 Å².